The highest BCUT2D eigenvalue weighted by atomic mass is 32.2. The summed E-state index contributed by atoms with van der Waals surface area (Å²) < 4.78 is 11.8. The highest BCUT2D eigenvalue weighted by Crippen LogP contribution is 2.33. The number of anilines is 1. The van der Waals surface area contributed by atoms with Crippen LogP contribution in [0.15, 0.2) is 33.1 Å². The number of rotatable bonds is 4. The van der Waals surface area contributed by atoms with E-state index in [-0.39, 0.29) is 17.7 Å². The first kappa shape index (κ1) is 16.1. The van der Waals surface area contributed by atoms with Crippen LogP contribution in [0.4, 0.5) is 5.13 Å². The fourth-order valence-corrected chi connectivity index (χ4v) is 3.76. The quantitative estimate of drug-likeness (QED) is 0.552. The number of hydrogen-bond acceptors (Lipinski definition) is 8. The van der Waals surface area contributed by atoms with E-state index in [2.05, 4.69) is 20.7 Å². The smallest absolute Gasteiger partial charge is 0.279 e. The number of amides is 1. The lowest BCUT2D eigenvalue weighted by Crippen LogP contribution is -2.11. The summed E-state index contributed by atoms with van der Waals surface area (Å²) in [5, 5.41) is 14.8. The number of nitrogens with zero attached hydrogens (tertiary/aromatic N) is 3. The molecule has 0 unspecified atom stereocenters. The maximum atomic E-state index is 12.3. The molecule has 0 radical (unpaired) electrons. The summed E-state index contributed by atoms with van der Waals surface area (Å²) in [4.78, 5) is 12.3. The number of carbonyl (C=O) groups excluding carboxylic acids is 1. The second-order valence-corrected chi connectivity index (χ2v) is 7.59. The maximum absolute atomic E-state index is 12.3. The fraction of sp³-hybridized carbons (Fsp3) is 0.250. The van der Waals surface area contributed by atoms with Gasteiger partial charge in [-0.2, -0.15) is 0 Å². The van der Waals surface area contributed by atoms with E-state index in [1.165, 1.54) is 23.1 Å². The molecule has 1 N–H and O–H groups in total. The van der Waals surface area contributed by atoms with E-state index in [9.17, 15) is 4.79 Å². The topological polar surface area (TPSA) is 90.1 Å². The average molecular weight is 374 g/mol. The molecule has 1 aliphatic heterocycles. The molecule has 1 aromatic carbocycles. The molecule has 3 aromatic rings. The van der Waals surface area contributed by atoms with Crippen molar-refractivity contribution in [3.8, 4) is 17.1 Å². The fourth-order valence-electron chi connectivity index (χ4n) is 2.60. The normalized spacial score (nSPS) is 15.7. The molecule has 0 fully saturated rings. The van der Waals surface area contributed by atoms with Crippen LogP contribution >= 0.6 is 23.1 Å². The van der Waals surface area contributed by atoms with Crippen LogP contribution in [-0.4, -0.2) is 33.6 Å². The molecule has 2 aromatic heterocycles. The molecule has 1 amide bonds. The van der Waals surface area contributed by atoms with Gasteiger partial charge in [-0.3, -0.25) is 10.1 Å². The van der Waals surface area contributed by atoms with Gasteiger partial charge in [-0.1, -0.05) is 28.3 Å². The monoisotopic (exact) mass is 374 g/mol. The van der Waals surface area contributed by atoms with E-state index in [4.69, 9.17) is 9.26 Å². The van der Waals surface area contributed by atoms with Crippen molar-refractivity contribution in [3.63, 3.8) is 0 Å². The van der Waals surface area contributed by atoms with Crippen LogP contribution in [0.2, 0.25) is 0 Å². The van der Waals surface area contributed by atoms with Crippen LogP contribution in [-0.2, 0) is 6.42 Å². The molecular weight excluding hydrogens is 360 g/mol. The standard InChI is InChI=1S/C16H14N4O3S2/c1-8-5-10-6-9(3-4-12(10)22-8)13-7-11(20-23-13)14(21)17-15-18-19-16(24-2)25-15/h3-4,6-8H,5H2,1-2H3,(H,17,18,21)/t8-/m0/s1. The molecule has 1 atom stereocenters. The molecule has 0 bridgehead atoms. The van der Waals surface area contributed by atoms with E-state index in [1.54, 1.807) is 6.07 Å². The number of ether oxygens (including phenoxy) is 1. The van der Waals surface area contributed by atoms with Crippen LogP contribution in [0.1, 0.15) is 23.0 Å². The molecule has 0 spiro atoms. The first-order chi connectivity index (χ1) is 12.1. The molecule has 9 heteroatoms. The molecule has 128 valence electrons. The Morgan fingerprint density at radius 2 is 2.24 bits per heavy atom. The van der Waals surface area contributed by atoms with Crippen molar-refractivity contribution >= 4 is 34.1 Å². The van der Waals surface area contributed by atoms with Gasteiger partial charge in [0.05, 0.1) is 0 Å². The van der Waals surface area contributed by atoms with Gasteiger partial charge in [-0.05, 0) is 36.9 Å². The lowest BCUT2D eigenvalue weighted by atomic mass is 10.1. The summed E-state index contributed by atoms with van der Waals surface area (Å²) >= 11 is 2.78. The minimum atomic E-state index is -0.378. The van der Waals surface area contributed by atoms with Gasteiger partial charge in [0.1, 0.15) is 11.9 Å². The number of hydrogen-bond donors (Lipinski definition) is 1. The third-order valence-electron chi connectivity index (χ3n) is 3.72. The van der Waals surface area contributed by atoms with Crippen LogP contribution in [0.25, 0.3) is 11.3 Å². The first-order valence-corrected chi connectivity index (χ1v) is 9.62. The Balaban J connectivity index is 1.52. The number of nitrogens with one attached hydrogen (secondary N) is 1. The van der Waals surface area contributed by atoms with Crippen molar-refractivity contribution in [1.82, 2.24) is 15.4 Å². The molecule has 3 heterocycles. The lowest BCUT2D eigenvalue weighted by molar-refractivity contribution is 0.101. The highest BCUT2D eigenvalue weighted by Gasteiger charge is 2.21. The molecule has 1 aliphatic rings. The highest BCUT2D eigenvalue weighted by molar-refractivity contribution is 8.00. The zero-order valence-corrected chi connectivity index (χ0v) is 15.1. The number of thioether (sulfide) groups is 1. The third kappa shape index (κ3) is 3.24. The Morgan fingerprint density at radius 1 is 1.36 bits per heavy atom. The Labute approximate surface area is 151 Å². The molecule has 25 heavy (non-hydrogen) atoms. The molecule has 7 nitrogen and oxygen atoms in total. The second-order valence-electron chi connectivity index (χ2n) is 5.56. The maximum Gasteiger partial charge on any atom is 0.279 e. The Kier molecular flexibility index (Phi) is 4.18. The van der Waals surface area contributed by atoms with Crippen LogP contribution < -0.4 is 10.1 Å². The van der Waals surface area contributed by atoms with Crippen LogP contribution in [0.3, 0.4) is 0 Å². The SMILES string of the molecule is CSc1nnc(NC(=O)c2cc(-c3ccc4c(c3)C[C@H](C)O4)on2)s1. The molecule has 4 rings (SSSR count). The van der Waals surface area contributed by atoms with Gasteiger partial charge in [0.25, 0.3) is 5.91 Å². The molecular formula is C16H14N4O3S2. The molecule has 0 saturated carbocycles. The van der Waals surface area contributed by atoms with Gasteiger partial charge in [0, 0.05) is 18.1 Å². The predicted octanol–water partition coefficient (Wildman–Crippen LogP) is 3.49. The van der Waals surface area contributed by atoms with Crippen molar-refractivity contribution < 1.29 is 14.1 Å². The van der Waals surface area contributed by atoms with Crippen molar-refractivity contribution in [2.45, 2.75) is 23.8 Å². The zero-order chi connectivity index (χ0) is 17.4. The van der Waals surface area contributed by atoms with Gasteiger partial charge in [0.2, 0.25) is 5.13 Å². The molecule has 0 aliphatic carbocycles. The van der Waals surface area contributed by atoms with E-state index in [0.29, 0.717) is 10.9 Å². The zero-order valence-electron chi connectivity index (χ0n) is 13.5. The molecule has 0 saturated heterocycles. The van der Waals surface area contributed by atoms with Gasteiger partial charge in [0.15, 0.2) is 15.8 Å². The third-order valence-corrected chi connectivity index (χ3v) is 5.54. The number of aromatic nitrogens is 3. The largest absolute Gasteiger partial charge is 0.490 e. The van der Waals surface area contributed by atoms with E-state index in [1.807, 2.05) is 31.4 Å². The Hall–Kier alpha value is -2.39. The van der Waals surface area contributed by atoms with Crippen LogP contribution in [0.5, 0.6) is 5.75 Å². The summed E-state index contributed by atoms with van der Waals surface area (Å²) in [6, 6.07) is 7.44. The van der Waals surface area contributed by atoms with E-state index < -0.39 is 0 Å². The number of fused-ring (bicyclic) bond motifs is 1. The van der Waals surface area contributed by atoms with Gasteiger partial charge >= 0.3 is 0 Å². The first-order valence-electron chi connectivity index (χ1n) is 7.58. The van der Waals surface area contributed by atoms with E-state index >= 15 is 0 Å². The minimum absolute atomic E-state index is 0.180. The Morgan fingerprint density at radius 3 is 3.04 bits per heavy atom. The average Bonchev–Trinajstić information content (AvgIpc) is 3.32. The second kappa shape index (κ2) is 6.49. The van der Waals surface area contributed by atoms with Gasteiger partial charge < -0.3 is 9.26 Å². The van der Waals surface area contributed by atoms with E-state index in [0.717, 1.165) is 27.6 Å². The van der Waals surface area contributed by atoms with Crippen molar-refractivity contribution in [3.05, 3.63) is 35.5 Å². The summed E-state index contributed by atoms with van der Waals surface area (Å²) in [7, 11) is 0. The summed E-state index contributed by atoms with van der Waals surface area (Å²) in [5.41, 5.74) is 2.19. The lowest BCUT2D eigenvalue weighted by Gasteiger charge is -2.02. The summed E-state index contributed by atoms with van der Waals surface area (Å²) in [5.74, 6) is 1.06. The number of carbonyl (C=O) groups is 1. The van der Waals surface area contributed by atoms with Crippen molar-refractivity contribution in [2.24, 2.45) is 0 Å². The van der Waals surface area contributed by atoms with Crippen LogP contribution in [0, 0.1) is 0 Å². The van der Waals surface area contributed by atoms with Gasteiger partial charge in [-0.15, -0.1) is 10.2 Å². The van der Waals surface area contributed by atoms with Gasteiger partial charge in [-0.25, -0.2) is 0 Å². The predicted molar refractivity (Wildman–Crippen MR) is 95.4 cm³/mol. The van der Waals surface area contributed by atoms with Crippen molar-refractivity contribution in [2.75, 3.05) is 11.6 Å². The Bertz CT molecular complexity index is 937. The minimum Gasteiger partial charge on any atom is -0.490 e. The number of benzene rings is 1. The van der Waals surface area contributed by atoms with Crippen molar-refractivity contribution in [1.29, 1.82) is 0 Å². The summed E-state index contributed by atoms with van der Waals surface area (Å²) in [6.45, 7) is 2.03. The summed E-state index contributed by atoms with van der Waals surface area (Å²) in [6.07, 6.45) is 2.94.